The third kappa shape index (κ3) is 2.51. The summed E-state index contributed by atoms with van der Waals surface area (Å²) in [6.07, 6.45) is 4.60. The van der Waals surface area contributed by atoms with Gasteiger partial charge in [0.05, 0.1) is 12.3 Å². The highest BCUT2D eigenvalue weighted by molar-refractivity contribution is 5.57. The van der Waals surface area contributed by atoms with Crippen molar-refractivity contribution in [2.75, 3.05) is 32.2 Å². The molecule has 2 aromatic rings. The van der Waals surface area contributed by atoms with Gasteiger partial charge in [-0.25, -0.2) is 4.98 Å². The fourth-order valence-corrected chi connectivity index (χ4v) is 2.63. The second-order valence-electron chi connectivity index (χ2n) is 5.26. The largest absolute Gasteiger partial charge is 0.383 e. The van der Waals surface area contributed by atoms with Crippen LogP contribution in [-0.2, 0) is 11.3 Å². The van der Waals surface area contributed by atoms with E-state index in [1.54, 1.807) is 7.11 Å². The van der Waals surface area contributed by atoms with Gasteiger partial charge in [-0.05, 0) is 32.0 Å². The van der Waals surface area contributed by atoms with E-state index in [-0.39, 0.29) is 0 Å². The summed E-state index contributed by atoms with van der Waals surface area (Å²) in [4.78, 5) is 7.25. The number of pyridine rings is 1. The van der Waals surface area contributed by atoms with Crippen LogP contribution in [0.4, 0.5) is 5.82 Å². The van der Waals surface area contributed by atoms with Crippen molar-refractivity contribution in [1.29, 1.82) is 0 Å². The minimum atomic E-state index is 0.630. The first-order chi connectivity index (χ1) is 9.85. The van der Waals surface area contributed by atoms with Crippen LogP contribution in [0.2, 0.25) is 0 Å². The molecule has 0 bridgehead atoms. The standard InChI is InChI=1S/C15H22N4O/c1-16-11-13-15(17-14-5-3-4-8-19(13)14)18(9-10-20-2)12-6-7-12/h3-5,8,12,16H,6-7,9-11H2,1-2H3. The zero-order valence-electron chi connectivity index (χ0n) is 12.2. The minimum Gasteiger partial charge on any atom is -0.383 e. The number of fused-ring (bicyclic) bond motifs is 1. The molecule has 108 valence electrons. The number of nitrogens with one attached hydrogen (secondary N) is 1. The van der Waals surface area contributed by atoms with Gasteiger partial charge in [-0.15, -0.1) is 0 Å². The van der Waals surface area contributed by atoms with Gasteiger partial charge >= 0.3 is 0 Å². The molecule has 0 unspecified atom stereocenters. The summed E-state index contributed by atoms with van der Waals surface area (Å²) in [5.41, 5.74) is 2.24. The molecule has 0 spiro atoms. The van der Waals surface area contributed by atoms with Crippen molar-refractivity contribution >= 4 is 11.5 Å². The van der Waals surface area contributed by atoms with Gasteiger partial charge in [0, 0.05) is 32.4 Å². The highest BCUT2D eigenvalue weighted by atomic mass is 16.5. The van der Waals surface area contributed by atoms with Crippen LogP contribution in [0.15, 0.2) is 24.4 Å². The van der Waals surface area contributed by atoms with Crippen LogP contribution < -0.4 is 10.2 Å². The molecule has 0 saturated heterocycles. The number of ether oxygens (including phenoxy) is 1. The molecular formula is C15H22N4O. The molecule has 1 saturated carbocycles. The normalized spacial score (nSPS) is 14.9. The maximum Gasteiger partial charge on any atom is 0.152 e. The van der Waals surface area contributed by atoms with Crippen molar-refractivity contribution in [2.45, 2.75) is 25.4 Å². The third-order valence-corrected chi connectivity index (χ3v) is 3.75. The number of aromatic nitrogens is 2. The topological polar surface area (TPSA) is 41.8 Å². The quantitative estimate of drug-likeness (QED) is 0.834. The molecule has 0 atom stereocenters. The molecule has 20 heavy (non-hydrogen) atoms. The molecule has 1 aliphatic carbocycles. The number of imidazole rings is 1. The second kappa shape index (κ2) is 5.81. The van der Waals surface area contributed by atoms with Crippen molar-refractivity contribution < 1.29 is 4.74 Å². The van der Waals surface area contributed by atoms with Crippen molar-refractivity contribution in [3.05, 3.63) is 30.1 Å². The van der Waals surface area contributed by atoms with Crippen molar-refractivity contribution in [2.24, 2.45) is 0 Å². The number of rotatable bonds is 7. The molecule has 1 fully saturated rings. The van der Waals surface area contributed by atoms with Crippen LogP contribution in [0.5, 0.6) is 0 Å². The Bertz CT molecular complexity index is 576. The van der Waals surface area contributed by atoms with E-state index in [0.29, 0.717) is 6.04 Å². The van der Waals surface area contributed by atoms with E-state index in [1.165, 1.54) is 18.5 Å². The number of nitrogens with zero attached hydrogens (tertiary/aromatic N) is 3. The van der Waals surface area contributed by atoms with Crippen LogP contribution >= 0.6 is 0 Å². The zero-order valence-corrected chi connectivity index (χ0v) is 12.2. The highest BCUT2D eigenvalue weighted by Crippen LogP contribution is 2.33. The van der Waals surface area contributed by atoms with Gasteiger partial charge in [-0.1, -0.05) is 6.07 Å². The fraction of sp³-hybridized carbons (Fsp3) is 0.533. The van der Waals surface area contributed by atoms with Crippen LogP contribution in [-0.4, -0.2) is 42.7 Å². The summed E-state index contributed by atoms with van der Waals surface area (Å²) >= 11 is 0. The first kappa shape index (κ1) is 13.4. The predicted molar refractivity (Wildman–Crippen MR) is 80.2 cm³/mol. The Labute approximate surface area is 119 Å². The second-order valence-corrected chi connectivity index (χ2v) is 5.26. The Kier molecular flexibility index (Phi) is 3.89. The molecule has 0 aliphatic heterocycles. The van der Waals surface area contributed by atoms with Crippen LogP contribution in [0.3, 0.4) is 0 Å². The first-order valence-corrected chi connectivity index (χ1v) is 7.21. The molecule has 0 aromatic carbocycles. The van der Waals surface area contributed by atoms with Gasteiger partial charge in [0.2, 0.25) is 0 Å². The predicted octanol–water partition coefficient (Wildman–Crippen LogP) is 1.67. The van der Waals surface area contributed by atoms with Crippen molar-refractivity contribution in [3.8, 4) is 0 Å². The van der Waals surface area contributed by atoms with E-state index in [4.69, 9.17) is 9.72 Å². The lowest BCUT2D eigenvalue weighted by molar-refractivity contribution is 0.204. The number of hydrogen-bond acceptors (Lipinski definition) is 4. The highest BCUT2D eigenvalue weighted by Gasteiger charge is 2.32. The molecule has 3 rings (SSSR count). The Morgan fingerprint density at radius 3 is 3.00 bits per heavy atom. The summed E-state index contributed by atoms with van der Waals surface area (Å²) < 4.78 is 7.43. The average Bonchev–Trinajstić information content (AvgIpc) is 3.24. The fourth-order valence-electron chi connectivity index (χ4n) is 2.63. The minimum absolute atomic E-state index is 0.630. The molecule has 5 heteroatoms. The lowest BCUT2D eigenvalue weighted by Crippen LogP contribution is -2.31. The average molecular weight is 274 g/mol. The molecular weight excluding hydrogens is 252 g/mol. The Balaban J connectivity index is 2.00. The van der Waals surface area contributed by atoms with Gasteiger partial charge < -0.3 is 19.4 Å². The van der Waals surface area contributed by atoms with Crippen molar-refractivity contribution in [3.63, 3.8) is 0 Å². The summed E-state index contributed by atoms with van der Waals surface area (Å²) in [7, 11) is 3.73. The summed E-state index contributed by atoms with van der Waals surface area (Å²) in [6.45, 7) is 2.46. The number of hydrogen-bond donors (Lipinski definition) is 1. The molecule has 2 heterocycles. The first-order valence-electron chi connectivity index (χ1n) is 7.21. The SMILES string of the molecule is CNCc1c(N(CCOC)C2CC2)nc2ccccn12. The van der Waals surface area contributed by atoms with E-state index in [0.717, 1.165) is 31.2 Å². The molecule has 1 aliphatic rings. The monoisotopic (exact) mass is 274 g/mol. The summed E-state index contributed by atoms with van der Waals surface area (Å²) in [6, 6.07) is 6.77. The van der Waals surface area contributed by atoms with Crippen LogP contribution in [0.25, 0.3) is 5.65 Å². The molecule has 2 aromatic heterocycles. The van der Waals surface area contributed by atoms with Gasteiger partial charge in [-0.3, -0.25) is 0 Å². The van der Waals surface area contributed by atoms with E-state index in [2.05, 4.69) is 26.9 Å². The maximum atomic E-state index is 5.25. The zero-order chi connectivity index (χ0) is 13.9. The Morgan fingerprint density at radius 2 is 2.30 bits per heavy atom. The van der Waals surface area contributed by atoms with E-state index in [9.17, 15) is 0 Å². The smallest absolute Gasteiger partial charge is 0.152 e. The van der Waals surface area contributed by atoms with Gasteiger partial charge in [0.1, 0.15) is 5.65 Å². The van der Waals surface area contributed by atoms with E-state index < -0.39 is 0 Å². The molecule has 1 N–H and O–H groups in total. The molecule has 5 nitrogen and oxygen atoms in total. The molecule has 0 radical (unpaired) electrons. The van der Waals surface area contributed by atoms with E-state index in [1.807, 2.05) is 19.2 Å². The Morgan fingerprint density at radius 1 is 1.45 bits per heavy atom. The number of methoxy groups -OCH3 is 1. The number of anilines is 1. The lowest BCUT2D eigenvalue weighted by Gasteiger charge is -2.23. The molecule has 0 amide bonds. The van der Waals surface area contributed by atoms with Crippen molar-refractivity contribution in [1.82, 2.24) is 14.7 Å². The maximum absolute atomic E-state index is 5.25. The van der Waals surface area contributed by atoms with Gasteiger partial charge in [-0.2, -0.15) is 0 Å². The van der Waals surface area contributed by atoms with E-state index >= 15 is 0 Å². The van der Waals surface area contributed by atoms with Crippen LogP contribution in [0, 0.1) is 0 Å². The summed E-state index contributed by atoms with van der Waals surface area (Å²) in [5.74, 6) is 1.10. The van der Waals surface area contributed by atoms with Gasteiger partial charge in [0.25, 0.3) is 0 Å². The Hall–Kier alpha value is -1.59. The summed E-state index contributed by atoms with van der Waals surface area (Å²) in [5, 5.41) is 3.25. The lowest BCUT2D eigenvalue weighted by atomic mass is 10.3. The third-order valence-electron chi connectivity index (χ3n) is 3.75. The van der Waals surface area contributed by atoms with Gasteiger partial charge in [0.15, 0.2) is 5.82 Å². The van der Waals surface area contributed by atoms with Crippen LogP contribution in [0.1, 0.15) is 18.5 Å².